The summed E-state index contributed by atoms with van der Waals surface area (Å²) in [5.41, 5.74) is 1.85. The highest BCUT2D eigenvalue weighted by atomic mass is 16.5. The zero-order valence-electron chi connectivity index (χ0n) is 16.1. The van der Waals surface area contributed by atoms with Crippen molar-refractivity contribution in [3.63, 3.8) is 0 Å². The predicted molar refractivity (Wildman–Crippen MR) is 106 cm³/mol. The molecule has 3 rings (SSSR count). The first kappa shape index (κ1) is 20.2. The predicted octanol–water partition coefficient (Wildman–Crippen LogP) is 3.66. The van der Waals surface area contributed by atoms with Crippen LogP contribution in [0.2, 0.25) is 0 Å². The second-order valence-corrected chi connectivity index (χ2v) is 6.36. The van der Waals surface area contributed by atoms with Crippen molar-refractivity contribution in [1.82, 2.24) is 15.1 Å². The number of aromatic nitrogens is 3. The summed E-state index contributed by atoms with van der Waals surface area (Å²) in [7, 11) is 0. The number of hydrogen-bond acceptors (Lipinski definition) is 7. The van der Waals surface area contributed by atoms with Crippen molar-refractivity contribution in [1.29, 1.82) is 0 Å². The summed E-state index contributed by atoms with van der Waals surface area (Å²) in [4.78, 5) is 32.3. The van der Waals surface area contributed by atoms with Gasteiger partial charge in [-0.3, -0.25) is 9.78 Å². The molecule has 1 amide bonds. The van der Waals surface area contributed by atoms with Gasteiger partial charge in [0.25, 0.3) is 0 Å². The van der Waals surface area contributed by atoms with Crippen LogP contribution in [0.15, 0.2) is 53.3 Å². The fourth-order valence-corrected chi connectivity index (χ4v) is 2.50. The monoisotopic (exact) mass is 394 g/mol. The Labute approximate surface area is 168 Å². The number of pyridine rings is 1. The van der Waals surface area contributed by atoms with Crippen molar-refractivity contribution in [2.45, 2.75) is 32.6 Å². The molecular weight excluding hydrogens is 372 g/mol. The summed E-state index contributed by atoms with van der Waals surface area (Å²) in [6.45, 7) is 2.44. The topological polar surface area (TPSA) is 107 Å². The molecule has 0 saturated heterocycles. The molecule has 0 fully saturated rings. The zero-order chi connectivity index (χ0) is 20.5. The maximum Gasteiger partial charge on any atom is 0.338 e. The molecule has 0 radical (unpaired) electrons. The second kappa shape index (κ2) is 10.1. The number of carbonyl (C=O) groups is 2. The van der Waals surface area contributed by atoms with Crippen LogP contribution >= 0.6 is 0 Å². The first-order valence-electron chi connectivity index (χ1n) is 9.45. The number of rotatable bonds is 9. The number of amides is 1. The summed E-state index contributed by atoms with van der Waals surface area (Å²) in [5, 5.41) is 6.69. The van der Waals surface area contributed by atoms with Crippen LogP contribution in [0, 0.1) is 0 Å². The van der Waals surface area contributed by atoms with Gasteiger partial charge < -0.3 is 14.6 Å². The third-order valence-corrected chi connectivity index (χ3v) is 4.11. The standard InChI is InChI=1S/C21H22N4O4/c1-2-3-14-28-21(27)16-4-6-17(7-5-16)23-18(26)8-9-19-24-20(25-29-19)15-10-12-22-13-11-15/h4-7,10-13H,2-3,8-9,14H2,1H3,(H,23,26). The van der Waals surface area contributed by atoms with E-state index in [1.54, 1.807) is 48.8 Å². The molecule has 150 valence electrons. The Hall–Kier alpha value is -3.55. The van der Waals surface area contributed by atoms with Crippen LogP contribution in [0.1, 0.15) is 42.4 Å². The Morgan fingerprint density at radius 1 is 1.10 bits per heavy atom. The number of nitrogens with one attached hydrogen (secondary N) is 1. The number of nitrogens with zero attached hydrogens (tertiary/aromatic N) is 3. The first-order valence-corrected chi connectivity index (χ1v) is 9.45. The average Bonchev–Trinajstić information content (AvgIpc) is 3.23. The van der Waals surface area contributed by atoms with Crippen molar-refractivity contribution in [3.8, 4) is 11.4 Å². The molecule has 0 aliphatic heterocycles. The summed E-state index contributed by atoms with van der Waals surface area (Å²) in [6.07, 6.45) is 5.62. The number of aryl methyl sites for hydroxylation is 1. The number of hydrogen-bond donors (Lipinski definition) is 1. The summed E-state index contributed by atoms with van der Waals surface area (Å²) < 4.78 is 10.3. The van der Waals surface area contributed by atoms with Gasteiger partial charge in [-0.05, 0) is 42.8 Å². The van der Waals surface area contributed by atoms with Crippen LogP contribution in [0.3, 0.4) is 0 Å². The molecule has 29 heavy (non-hydrogen) atoms. The molecule has 2 heterocycles. The van der Waals surface area contributed by atoms with Crippen LogP contribution in [-0.4, -0.2) is 33.6 Å². The van der Waals surface area contributed by atoms with Crippen LogP contribution in [0.4, 0.5) is 5.69 Å². The molecule has 0 unspecified atom stereocenters. The minimum Gasteiger partial charge on any atom is -0.462 e. The minimum absolute atomic E-state index is 0.188. The summed E-state index contributed by atoms with van der Waals surface area (Å²) in [5.74, 6) is 0.297. The quantitative estimate of drug-likeness (QED) is 0.436. The van der Waals surface area contributed by atoms with Gasteiger partial charge in [0.05, 0.1) is 12.2 Å². The van der Waals surface area contributed by atoms with Crippen LogP contribution < -0.4 is 5.32 Å². The summed E-state index contributed by atoms with van der Waals surface area (Å²) in [6, 6.07) is 10.2. The van der Waals surface area contributed by atoms with E-state index in [2.05, 4.69) is 20.4 Å². The van der Waals surface area contributed by atoms with Crippen molar-refractivity contribution < 1.29 is 18.8 Å². The summed E-state index contributed by atoms with van der Waals surface area (Å²) >= 11 is 0. The lowest BCUT2D eigenvalue weighted by Crippen LogP contribution is -2.13. The highest BCUT2D eigenvalue weighted by Crippen LogP contribution is 2.15. The molecule has 0 aliphatic rings. The lowest BCUT2D eigenvalue weighted by molar-refractivity contribution is -0.116. The van der Waals surface area contributed by atoms with E-state index in [-0.39, 0.29) is 18.3 Å². The SMILES string of the molecule is CCCCOC(=O)c1ccc(NC(=O)CCc2nc(-c3ccncc3)no2)cc1. The van der Waals surface area contributed by atoms with E-state index in [9.17, 15) is 9.59 Å². The molecule has 1 N–H and O–H groups in total. The van der Waals surface area contributed by atoms with Gasteiger partial charge in [0.2, 0.25) is 17.6 Å². The maximum atomic E-state index is 12.2. The Morgan fingerprint density at radius 3 is 2.59 bits per heavy atom. The Kier molecular flexibility index (Phi) is 7.05. The normalized spacial score (nSPS) is 10.5. The Bertz CT molecular complexity index is 939. The lowest BCUT2D eigenvalue weighted by Gasteiger charge is -2.06. The number of anilines is 1. The van der Waals surface area contributed by atoms with Gasteiger partial charge in [-0.2, -0.15) is 4.98 Å². The van der Waals surface area contributed by atoms with Gasteiger partial charge in [0.1, 0.15) is 0 Å². The molecule has 1 aromatic carbocycles. The maximum absolute atomic E-state index is 12.2. The van der Waals surface area contributed by atoms with Gasteiger partial charge in [-0.25, -0.2) is 4.79 Å². The van der Waals surface area contributed by atoms with Crippen LogP contribution in [0.25, 0.3) is 11.4 Å². The number of carbonyl (C=O) groups excluding carboxylic acids is 2. The second-order valence-electron chi connectivity index (χ2n) is 6.36. The van der Waals surface area contributed by atoms with Gasteiger partial charge in [0.15, 0.2) is 0 Å². The molecular formula is C21H22N4O4. The highest BCUT2D eigenvalue weighted by Gasteiger charge is 2.11. The van der Waals surface area contributed by atoms with E-state index < -0.39 is 0 Å². The van der Waals surface area contributed by atoms with Crippen molar-refractivity contribution in [2.24, 2.45) is 0 Å². The van der Waals surface area contributed by atoms with E-state index >= 15 is 0 Å². The number of esters is 1. The fraction of sp³-hybridized carbons (Fsp3) is 0.286. The molecule has 0 spiro atoms. The molecule has 0 aliphatic carbocycles. The lowest BCUT2D eigenvalue weighted by atomic mass is 10.2. The molecule has 0 atom stereocenters. The van der Waals surface area contributed by atoms with Gasteiger partial charge in [-0.1, -0.05) is 18.5 Å². The van der Waals surface area contributed by atoms with Gasteiger partial charge >= 0.3 is 5.97 Å². The Morgan fingerprint density at radius 2 is 1.86 bits per heavy atom. The van der Waals surface area contributed by atoms with E-state index in [0.29, 0.717) is 36.0 Å². The van der Waals surface area contributed by atoms with Crippen LogP contribution in [-0.2, 0) is 16.0 Å². The van der Waals surface area contributed by atoms with E-state index in [0.717, 1.165) is 18.4 Å². The van der Waals surface area contributed by atoms with Gasteiger partial charge in [-0.15, -0.1) is 0 Å². The number of benzene rings is 1. The number of unbranched alkanes of at least 4 members (excludes halogenated alkanes) is 1. The van der Waals surface area contributed by atoms with Crippen molar-refractivity contribution in [2.75, 3.05) is 11.9 Å². The van der Waals surface area contributed by atoms with Crippen molar-refractivity contribution >= 4 is 17.6 Å². The molecule has 8 nitrogen and oxygen atoms in total. The third-order valence-electron chi connectivity index (χ3n) is 4.11. The number of ether oxygens (including phenoxy) is 1. The van der Waals surface area contributed by atoms with Crippen LogP contribution in [0.5, 0.6) is 0 Å². The van der Waals surface area contributed by atoms with E-state index in [4.69, 9.17) is 9.26 Å². The molecule has 2 aromatic heterocycles. The first-order chi connectivity index (χ1) is 14.2. The van der Waals surface area contributed by atoms with Crippen molar-refractivity contribution in [3.05, 3.63) is 60.2 Å². The minimum atomic E-state index is -0.363. The smallest absolute Gasteiger partial charge is 0.338 e. The van der Waals surface area contributed by atoms with Gasteiger partial charge in [0, 0.05) is 36.5 Å². The largest absolute Gasteiger partial charge is 0.462 e. The Balaban J connectivity index is 1.47. The fourth-order valence-electron chi connectivity index (χ4n) is 2.50. The molecule has 0 saturated carbocycles. The molecule has 8 heteroatoms. The van der Waals surface area contributed by atoms with E-state index in [1.807, 2.05) is 6.92 Å². The van der Waals surface area contributed by atoms with E-state index in [1.165, 1.54) is 0 Å². The average molecular weight is 394 g/mol. The third kappa shape index (κ3) is 5.97. The zero-order valence-corrected chi connectivity index (χ0v) is 16.1. The molecule has 3 aromatic rings. The molecule has 0 bridgehead atoms. The highest BCUT2D eigenvalue weighted by molar-refractivity contribution is 5.93.